The molecule has 0 unspecified atom stereocenters. The van der Waals surface area contributed by atoms with E-state index in [0.29, 0.717) is 0 Å². The molecule has 3 N–H and O–H groups in total. The number of aromatic nitrogens is 3. The molecule has 0 aliphatic rings. The van der Waals surface area contributed by atoms with Gasteiger partial charge in [-0.1, -0.05) is 0 Å². The predicted molar refractivity (Wildman–Crippen MR) is 35.5 cm³/mol. The zero-order chi connectivity index (χ0) is 6.97. The summed E-state index contributed by atoms with van der Waals surface area (Å²) in [5.74, 6) is 0. The molecule has 50 valence electrons. The minimum atomic E-state index is -0.130. The molecule has 0 aromatic carbocycles. The molecule has 0 fully saturated rings. The monoisotopic (exact) mass is 136 g/mol. The van der Waals surface area contributed by atoms with Gasteiger partial charge in [-0.2, -0.15) is 0 Å². The van der Waals surface area contributed by atoms with Crippen LogP contribution in [-0.2, 0) is 0 Å². The van der Waals surface area contributed by atoms with E-state index in [-0.39, 0.29) is 5.56 Å². The van der Waals surface area contributed by atoms with Crippen molar-refractivity contribution >= 4 is 11.0 Å². The Hall–Kier alpha value is -1.58. The molecular weight excluding hydrogens is 130 g/mol. The van der Waals surface area contributed by atoms with Gasteiger partial charge < -0.3 is 4.98 Å². The maximum absolute atomic E-state index is 10.7. The van der Waals surface area contributed by atoms with Gasteiger partial charge >= 0.3 is 0 Å². The number of rotatable bonds is 0. The molecule has 2 rings (SSSR count). The van der Waals surface area contributed by atoms with Gasteiger partial charge in [0, 0.05) is 18.3 Å². The van der Waals surface area contributed by atoms with Gasteiger partial charge in [0.2, 0.25) is 0 Å². The molecule has 4 nitrogen and oxygen atoms in total. The zero-order valence-corrected chi connectivity index (χ0v) is 5.14. The smallest absolute Gasteiger partial charge is 0.300 e. The lowest BCUT2D eigenvalue weighted by Gasteiger charge is -1.77. The fourth-order valence-electron chi connectivity index (χ4n) is 0.907. The van der Waals surface area contributed by atoms with Gasteiger partial charge in [0.1, 0.15) is 5.52 Å². The molecule has 2 aromatic rings. The van der Waals surface area contributed by atoms with Crippen LogP contribution in [0.1, 0.15) is 0 Å². The fourth-order valence-corrected chi connectivity index (χ4v) is 0.907. The molecule has 2 heterocycles. The Bertz CT molecular complexity index is 400. The van der Waals surface area contributed by atoms with Gasteiger partial charge in [-0.05, 0) is 0 Å². The summed E-state index contributed by atoms with van der Waals surface area (Å²) in [6.45, 7) is 0. The fraction of sp³-hybridized carbons (Fsp3) is 0. The number of H-pyrrole nitrogens is 3. The van der Waals surface area contributed by atoms with Gasteiger partial charge in [-0.25, -0.2) is 0 Å². The first-order valence-corrected chi connectivity index (χ1v) is 2.94. The first-order valence-electron chi connectivity index (χ1n) is 2.94. The average Bonchev–Trinajstić information content (AvgIpc) is 2.33. The predicted octanol–water partition coefficient (Wildman–Crippen LogP) is -0.330. The number of fused-ring (bicyclic) bond motifs is 1. The molecule has 0 spiro atoms. The van der Waals surface area contributed by atoms with Crippen LogP contribution in [0, 0.1) is 0 Å². The molecule has 2 aromatic heterocycles. The maximum Gasteiger partial charge on any atom is 0.300 e. The summed E-state index contributed by atoms with van der Waals surface area (Å²) in [5.41, 5.74) is 1.60. The third kappa shape index (κ3) is 0.621. The van der Waals surface area contributed by atoms with E-state index in [9.17, 15) is 4.79 Å². The molecule has 0 saturated heterocycles. The van der Waals surface area contributed by atoms with Gasteiger partial charge in [0.05, 0.1) is 0 Å². The summed E-state index contributed by atoms with van der Waals surface area (Å²) in [6, 6.07) is 3.36. The molecular formula is C6H6N3O+. The lowest BCUT2D eigenvalue weighted by atomic mass is 10.4. The lowest BCUT2D eigenvalue weighted by molar-refractivity contribution is -0.426. The largest absolute Gasteiger partial charge is 0.356 e. The molecule has 0 aliphatic heterocycles. The Morgan fingerprint density at radius 1 is 1.50 bits per heavy atom. The van der Waals surface area contributed by atoms with Crippen LogP contribution in [0.3, 0.4) is 0 Å². The average molecular weight is 136 g/mol. The second kappa shape index (κ2) is 1.70. The number of aromatic amines is 3. The van der Waals surface area contributed by atoms with Crippen LogP contribution in [0.25, 0.3) is 11.0 Å². The quantitative estimate of drug-likeness (QED) is 0.511. The normalized spacial score (nSPS) is 10.4. The van der Waals surface area contributed by atoms with E-state index in [1.165, 1.54) is 6.07 Å². The van der Waals surface area contributed by atoms with E-state index in [0.717, 1.165) is 11.0 Å². The Morgan fingerprint density at radius 2 is 2.40 bits per heavy atom. The summed E-state index contributed by atoms with van der Waals surface area (Å²) in [5, 5.41) is 5.19. The van der Waals surface area contributed by atoms with Crippen LogP contribution in [0.2, 0.25) is 0 Å². The first-order chi connectivity index (χ1) is 4.86. The molecule has 0 amide bonds. The van der Waals surface area contributed by atoms with Crippen LogP contribution < -0.4 is 10.7 Å². The Balaban J connectivity index is 2.99. The van der Waals surface area contributed by atoms with Gasteiger partial charge in [0.15, 0.2) is 0 Å². The SMILES string of the molecule is O=c1cc2[nH]ccc2[nH+][nH]1. The molecule has 10 heavy (non-hydrogen) atoms. The van der Waals surface area contributed by atoms with Crippen LogP contribution in [0.15, 0.2) is 23.1 Å². The summed E-state index contributed by atoms with van der Waals surface area (Å²) >= 11 is 0. The van der Waals surface area contributed by atoms with E-state index in [1.54, 1.807) is 6.20 Å². The van der Waals surface area contributed by atoms with Crippen molar-refractivity contribution in [1.82, 2.24) is 10.1 Å². The van der Waals surface area contributed by atoms with Crippen molar-refractivity contribution in [3.05, 3.63) is 28.7 Å². The maximum atomic E-state index is 10.7. The third-order valence-electron chi connectivity index (χ3n) is 1.37. The van der Waals surface area contributed by atoms with Crippen molar-refractivity contribution in [2.45, 2.75) is 0 Å². The van der Waals surface area contributed by atoms with E-state index >= 15 is 0 Å². The lowest BCUT2D eigenvalue weighted by Crippen LogP contribution is -2.19. The highest BCUT2D eigenvalue weighted by atomic mass is 16.1. The Kier molecular flexibility index (Phi) is 0.887. The van der Waals surface area contributed by atoms with Crippen molar-refractivity contribution in [3.8, 4) is 0 Å². The Morgan fingerprint density at radius 3 is 3.30 bits per heavy atom. The standard InChI is InChI=1S/C6H5N3O/c10-6-3-5-4(8-9-6)1-2-7-5/h1-3,7H,(H,9,10)/p+1. The molecule has 0 bridgehead atoms. The summed E-state index contributed by atoms with van der Waals surface area (Å²) in [4.78, 5) is 13.6. The highest BCUT2D eigenvalue weighted by molar-refractivity contribution is 5.69. The summed E-state index contributed by atoms with van der Waals surface area (Å²) in [6.07, 6.45) is 1.77. The number of hydrogen-bond acceptors (Lipinski definition) is 1. The van der Waals surface area contributed by atoms with Crippen LogP contribution in [-0.4, -0.2) is 10.1 Å². The van der Waals surface area contributed by atoms with Crippen molar-refractivity contribution in [2.75, 3.05) is 0 Å². The molecule has 0 aliphatic carbocycles. The number of hydrogen-bond donors (Lipinski definition) is 2. The van der Waals surface area contributed by atoms with Crippen LogP contribution in [0.4, 0.5) is 0 Å². The second-order valence-corrected chi connectivity index (χ2v) is 2.06. The second-order valence-electron chi connectivity index (χ2n) is 2.06. The van der Waals surface area contributed by atoms with E-state index in [4.69, 9.17) is 0 Å². The van der Waals surface area contributed by atoms with E-state index < -0.39 is 0 Å². The van der Waals surface area contributed by atoms with Crippen molar-refractivity contribution in [1.29, 1.82) is 0 Å². The molecule has 0 saturated carbocycles. The molecule has 4 heteroatoms. The van der Waals surface area contributed by atoms with Crippen molar-refractivity contribution < 1.29 is 5.10 Å². The van der Waals surface area contributed by atoms with E-state index in [1.807, 2.05) is 6.07 Å². The number of nitrogens with one attached hydrogen (secondary N) is 3. The Labute approximate surface area is 55.9 Å². The van der Waals surface area contributed by atoms with Crippen LogP contribution in [0.5, 0.6) is 0 Å². The van der Waals surface area contributed by atoms with Crippen LogP contribution >= 0.6 is 0 Å². The minimum Gasteiger partial charge on any atom is -0.356 e. The summed E-state index contributed by atoms with van der Waals surface area (Å²) in [7, 11) is 0. The third-order valence-corrected chi connectivity index (χ3v) is 1.37. The zero-order valence-electron chi connectivity index (χ0n) is 5.14. The van der Waals surface area contributed by atoms with Gasteiger partial charge in [-0.15, -0.1) is 10.2 Å². The topological polar surface area (TPSA) is 62.8 Å². The first kappa shape index (κ1) is 5.22. The van der Waals surface area contributed by atoms with Crippen molar-refractivity contribution in [3.63, 3.8) is 0 Å². The van der Waals surface area contributed by atoms with Gasteiger partial charge in [0.25, 0.3) is 11.1 Å². The molecule has 0 atom stereocenters. The van der Waals surface area contributed by atoms with E-state index in [2.05, 4.69) is 15.2 Å². The molecule has 0 radical (unpaired) electrons. The minimum absolute atomic E-state index is 0.130. The highest BCUT2D eigenvalue weighted by Crippen LogP contribution is 1.98. The summed E-state index contributed by atoms with van der Waals surface area (Å²) < 4.78 is 0. The highest BCUT2D eigenvalue weighted by Gasteiger charge is 1.99. The van der Waals surface area contributed by atoms with Gasteiger partial charge in [-0.3, -0.25) is 4.79 Å². The van der Waals surface area contributed by atoms with Crippen molar-refractivity contribution in [2.24, 2.45) is 0 Å².